The second-order valence-corrected chi connectivity index (χ2v) is 6.42. The third kappa shape index (κ3) is 4.08. The summed E-state index contributed by atoms with van der Waals surface area (Å²) in [7, 11) is 0. The quantitative estimate of drug-likeness (QED) is 0.755. The first kappa shape index (κ1) is 18.3. The molecule has 2 atom stereocenters. The van der Waals surface area contributed by atoms with Crippen LogP contribution >= 0.6 is 11.8 Å². The Morgan fingerprint density at radius 2 is 2.21 bits per heavy atom. The van der Waals surface area contributed by atoms with E-state index in [1.54, 1.807) is 11.8 Å². The Morgan fingerprint density at radius 1 is 1.46 bits per heavy atom. The van der Waals surface area contributed by atoms with Gasteiger partial charge in [0.05, 0.1) is 5.75 Å². The molecule has 8 nitrogen and oxygen atoms in total. The van der Waals surface area contributed by atoms with Crippen molar-refractivity contribution in [2.75, 3.05) is 25.1 Å². The van der Waals surface area contributed by atoms with Crippen LogP contribution in [0.4, 0.5) is 0 Å². The molecule has 2 heterocycles. The fourth-order valence-electron chi connectivity index (χ4n) is 2.74. The second-order valence-electron chi connectivity index (χ2n) is 5.55. The van der Waals surface area contributed by atoms with Crippen LogP contribution in [0.3, 0.4) is 0 Å². The third-order valence-corrected chi connectivity index (χ3v) is 4.37. The lowest BCUT2D eigenvalue weighted by molar-refractivity contribution is -0.136. The lowest BCUT2D eigenvalue weighted by Crippen LogP contribution is -2.46. The number of carbonyl (C=O) groups is 3. The number of amides is 3. The van der Waals surface area contributed by atoms with E-state index < -0.39 is 6.04 Å². The van der Waals surface area contributed by atoms with Crippen LogP contribution in [0.1, 0.15) is 29.6 Å². The predicted molar refractivity (Wildman–Crippen MR) is 89.7 cm³/mol. The monoisotopic (exact) mass is 354 g/mol. The van der Waals surface area contributed by atoms with E-state index in [4.69, 9.17) is 4.42 Å². The number of nitrogens with one attached hydrogen (secondary N) is 2. The molecule has 1 saturated heterocycles. The molecule has 1 fully saturated rings. The minimum absolute atomic E-state index is 0.104. The van der Waals surface area contributed by atoms with E-state index in [2.05, 4.69) is 15.6 Å². The highest BCUT2D eigenvalue weighted by Crippen LogP contribution is 2.20. The minimum atomic E-state index is -0.562. The van der Waals surface area contributed by atoms with Gasteiger partial charge in [0.15, 0.2) is 12.1 Å². The average molecular weight is 354 g/mol. The van der Waals surface area contributed by atoms with Crippen molar-refractivity contribution in [3.05, 3.63) is 17.8 Å². The molecule has 1 aromatic rings. The summed E-state index contributed by atoms with van der Waals surface area (Å²) in [5.41, 5.74) is 0.221. The summed E-state index contributed by atoms with van der Waals surface area (Å²) in [4.78, 5) is 42.2. The summed E-state index contributed by atoms with van der Waals surface area (Å²) in [6.45, 7) is 4.29. The highest BCUT2D eigenvalue weighted by molar-refractivity contribution is 7.99. The van der Waals surface area contributed by atoms with Crippen LogP contribution in [-0.2, 0) is 9.59 Å². The van der Waals surface area contributed by atoms with Gasteiger partial charge >= 0.3 is 0 Å². The average Bonchev–Trinajstić information content (AvgIpc) is 3.14. The van der Waals surface area contributed by atoms with Crippen molar-refractivity contribution >= 4 is 29.5 Å². The molecule has 0 unspecified atom stereocenters. The van der Waals surface area contributed by atoms with Gasteiger partial charge in [-0.15, -0.1) is 0 Å². The van der Waals surface area contributed by atoms with Gasteiger partial charge in [-0.2, -0.15) is 11.8 Å². The van der Waals surface area contributed by atoms with E-state index in [1.807, 2.05) is 13.2 Å². The maximum atomic E-state index is 12.3. The number of carbonyl (C=O) groups excluding carboxylic acids is 3. The van der Waals surface area contributed by atoms with E-state index >= 15 is 0 Å². The fraction of sp³-hybridized carbons (Fsp3) is 0.600. The minimum Gasteiger partial charge on any atom is -0.448 e. The smallest absolute Gasteiger partial charge is 0.273 e. The number of nitrogens with zero attached hydrogens (tertiary/aromatic N) is 2. The van der Waals surface area contributed by atoms with E-state index in [1.165, 1.54) is 18.2 Å². The van der Waals surface area contributed by atoms with Crippen LogP contribution in [0, 0.1) is 6.92 Å². The normalized spacial score (nSPS) is 20.0. The molecule has 1 aromatic heterocycles. The number of oxazole rings is 1. The Bertz CT molecular complexity index is 592. The van der Waals surface area contributed by atoms with Gasteiger partial charge in [-0.05, 0) is 26.5 Å². The van der Waals surface area contributed by atoms with Gasteiger partial charge in [0.1, 0.15) is 11.8 Å². The lowest BCUT2D eigenvalue weighted by Gasteiger charge is -2.23. The van der Waals surface area contributed by atoms with Gasteiger partial charge in [-0.1, -0.05) is 0 Å². The zero-order valence-corrected chi connectivity index (χ0v) is 14.8. The summed E-state index contributed by atoms with van der Waals surface area (Å²) < 4.78 is 5.03. The molecular formula is C15H22N4O4S. The Morgan fingerprint density at radius 3 is 2.79 bits per heavy atom. The van der Waals surface area contributed by atoms with Crippen LogP contribution in [0.15, 0.2) is 10.8 Å². The number of likely N-dealkylation sites (tertiary alicyclic amines) is 1. The molecule has 0 radical (unpaired) electrons. The first-order valence-corrected chi connectivity index (χ1v) is 9.14. The molecule has 0 saturated carbocycles. The molecule has 0 aliphatic carbocycles. The summed E-state index contributed by atoms with van der Waals surface area (Å²) in [6.07, 6.45) is 3.43. The van der Waals surface area contributed by atoms with E-state index in [-0.39, 0.29) is 29.5 Å². The maximum Gasteiger partial charge on any atom is 0.273 e. The molecule has 3 amide bonds. The zero-order chi connectivity index (χ0) is 17.7. The van der Waals surface area contributed by atoms with Gasteiger partial charge in [0, 0.05) is 19.1 Å². The SMILES string of the molecule is CCNC(=O)[C@@H]1C[C@@H](NC(=O)c2ncoc2C)CN1C(=O)CSC. The van der Waals surface area contributed by atoms with Crippen LogP contribution in [-0.4, -0.2) is 64.8 Å². The van der Waals surface area contributed by atoms with Crippen molar-refractivity contribution in [3.8, 4) is 0 Å². The van der Waals surface area contributed by atoms with Crippen LogP contribution in [0.25, 0.3) is 0 Å². The molecular weight excluding hydrogens is 332 g/mol. The van der Waals surface area contributed by atoms with Crippen molar-refractivity contribution in [3.63, 3.8) is 0 Å². The molecule has 0 aromatic carbocycles. The molecule has 24 heavy (non-hydrogen) atoms. The number of likely N-dealkylation sites (N-methyl/N-ethyl adjacent to an activating group) is 1. The van der Waals surface area contributed by atoms with Crippen LogP contribution in [0.5, 0.6) is 0 Å². The Balaban J connectivity index is 2.07. The topological polar surface area (TPSA) is 105 Å². The Labute approximate surface area is 144 Å². The molecule has 2 rings (SSSR count). The van der Waals surface area contributed by atoms with E-state index in [0.717, 1.165) is 0 Å². The zero-order valence-electron chi connectivity index (χ0n) is 14.0. The first-order valence-electron chi connectivity index (χ1n) is 7.75. The van der Waals surface area contributed by atoms with Gasteiger partial charge in [-0.25, -0.2) is 4.98 Å². The van der Waals surface area contributed by atoms with Gasteiger partial charge in [0.2, 0.25) is 11.8 Å². The van der Waals surface area contributed by atoms with Crippen LogP contribution in [0.2, 0.25) is 0 Å². The highest BCUT2D eigenvalue weighted by atomic mass is 32.2. The number of rotatable bonds is 6. The molecule has 0 bridgehead atoms. The van der Waals surface area contributed by atoms with Gasteiger partial charge in [-0.3, -0.25) is 14.4 Å². The standard InChI is InChI=1S/C15H22N4O4S/c1-4-16-14(21)11-5-10(6-19(11)12(20)7-24-3)18-15(22)13-9(2)23-8-17-13/h8,10-11H,4-7H2,1-3H3,(H,16,21)(H,18,22)/t10-,11+/m1/s1. The van der Waals surface area contributed by atoms with Crippen molar-refractivity contribution in [1.29, 1.82) is 0 Å². The summed E-state index contributed by atoms with van der Waals surface area (Å²) in [6, 6.07) is -0.861. The molecule has 1 aliphatic rings. The van der Waals surface area contributed by atoms with Crippen LogP contribution < -0.4 is 10.6 Å². The first-order chi connectivity index (χ1) is 11.5. The number of hydrogen-bond acceptors (Lipinski definition) is 6. The Kier molecular flexibility index (Phi) is 6.24. The largest absolute Gasteiger partial charge is 0.448 e. The van der Waals surface area contributed by atoms with Gasteiger partial charge in [0.25, 0.3) is 5.91 Å². The van der Waals surface area contributed by atoms with Crippen molar-refractivity contribution in [2.45, 2.75) is 32.4 Å². The number of aryl methyl sites for hydroxylation is 1. The molecule has 132 valence electrons. The van der Waals surface area contributed by atoms with Gasteiger partial charge < -0.3 is 20.0 Å². The summed E-state index contributed by atoms with van der Waals surface area (Å²) >= 11 is 1.41. The molecule has 0 spiro atoms. The summed E-state index contributed by atoms with van der Waals surface area (Å²) in [5, 5.41) is 5.58. The molecule has 9 heteroatoms. The lowest BCUT2D eigenvalue weighted by atomic mass is 10.1. The van der Waals surface area contributed by atoms with Crippen molar-refractivity contribution in [1.82, 2.24) is 20.5 Å². The van der Waals surface area contributed by atoms with Crippen molar-refractivity contribution < 1.29 is 18.8 Å². The van der Waals surface area contributed by atoms with E-state index in [9.17, 15) is 14.4 Å². The fourth-order valence-corrected chi connectivity index (χ4v) is 3.15. The number of thioether (sulfide) groups is 1. The number of hydrogen-bond donors (Lipinski definition) is 2. The highest BCUT2D eigenvalue weighted by Gasteiger charge is 2.40. The third-order valence-electron chi connectivity index (χ3n) is 3.84. The Hall–Kier alpha value is -2.03. The summed E-state index contributed by atoms with van der Waals surface area (Å²) in [5.74, 6) is 0.0782. The maximum absolute atomic E-state index is 12.3. The van der Waals surface area contributed by atoms with Crippen molar-refractivity contribution in [2.24, 2.45) is 0 Å². The van der Waals surface area contributed by atoms with E-state index in [0.29, 0.717) is 31.0 Å². The number of aromatic nitrogens is 1. The predicted octanol–water partition coefficient (Wildman–Crippen LogP) is 0.181. The second kappa shape index (κ2) is 8.18. The molecule has 2 N–H and O–H groups in total. The molecule has 1 aliphatic heterocycles.